The predicted octanol–water partition coefficient (Wildman–Crippen LogP) is 3.36. The lowest BCUT2D eigenvalue weighted by Gasteiger charge is -2.32. The number of hydrogen-bond acceptors (Lipinski definition) is 4. The highest BCUT2D eigenvalue weighted by Crippen LogP contribution is 2.21. The lowest BCUT2D eigenvalue weighted by Crippen LogP contribution is -2.52. The van der Waals surface area contributed by atoms with E-state index in [4.69, 9.17) is 11.6 Å². The highest BCUT2D eigenvalue weighted by molar-refractivity contribution is 7.92. The van der Waals surface area contributed by atoms with Crippen LogP contribution in [0, 0.1) is 6.92 Å². The van der Waals surface area contributed by atoms with Gasteiger partial charge < -0.3 is 10.2 Å². The van der Waals surface area contributed by atoms with Crippen molar-refractivity contribution >= 4 is 39.1 Å². The van der Waals surface area contributed by atoms with Crippen molar-refractivity contribution in [2.45, 2.75) is 46.3 Å². The van der Waals surface area contributed by atoms with E-state index in [0.29, 0.717) is 16.3 Å². The Hall–Kier alpha value is -2.58. The summed E-state index contributed by atoms with van der Waals surface area (Å²) in [6.45, 7) is 6.78. The average molecular weight is 480 g/mol. The number of amides is 2. The summed E-state index contributed by atoms with van der Waals surface area (Å²) in [6.07, 6.45) is 1.05. The van der Waals surface area contributed by atoms with Crippen molar-refractivity contribution in [1.82, 2.24) is 10.2 Å². The van der Waals surface area contributed by atoms with E-state index in [1.807, 2.05) is 20.8 Å². The number of benzene rings is 2. The lowest BCUT2D eigenvalue weighted by molar-refractivity contribution is -0.139. The van der Waals surface area contributed by atoms with Gasteiger partial charge in [0, 0.05) is 17.6 Å². The molecule has 0 heterocycles. The van der Waals surface area contributed by atoms with Gasteiger partial charge in [-0.05, 0) is 51.5 Å². The molecule has 0 radical (unpaired) electrons. The first kappa shape index (κ1) is 25.7. The molecule has 0 aliphatic carbocycles. The summed E-state index contributed by atoms with van der Waals surface area (Å²) in [4.78, 5) is 27.4. The second-order valence-electron chi connectivity index (χ2n) is 8.06. The summed E-state index contributed by atoms with van der Waals surface area (Å²) in [7, 11) is -3.75. The summed E-state index contributed by atoms with van der Waals surface area (Å²) >= 11 is 6.29. The van der Waals surface area contributed by atoms with Gasteiger partial charge in [0.2, 0.25) is 21.8 Å². The molecule has 32 heavy (non-hydrogen) atoms. The van der Waals surface area contributed by atoms with Crippen LogP contribution in [0.15, 0.2) is 48.5 Å². The molecule has 1 N–H and O–H groups in total. The second kappa shape index (κ2) is 10.8. The van der Waals surface area contributed by atoms with Gasteiger partial charge in [0.1, 0.15) is 12.6 Å². The molecule has 2 aromatic rings. The van der Waals surface area contributed by atoms with Crippen molar-refractivity contribution in [2.75, 3.05) is 17.1 Å². The van der Waals surface area contributed by atoms with Gasteiger partial charge in [-0.2, -0.15) is 0 Å². The summed E-state index contributed by atoms with van der Waals surface area (Å²) in [5, 5.41) is 3.26. The van der Waals surface area contributed by atoms with Crippen molar-refractivity contribution in [3.05, 3.63) is 64.7 Å². The first-order valence-corrected chi connectivity index (χ1v) is 12.5. The van der Waals surface area contributed by atoms with Crippen LogP contribution >= 0.6 is 11.6 Å². The van der Waals surface area contributed by atoms with Gasteiger partial charge in [0.15, 0.2) is 0 Å². The molecule has 7 nitrogen and oxygen atoms in total. The fraction of sp³-hybridized carbons (Fsp3) is 0.391. The maximum atomic E-state index is 13.4. The van der Waals surface area contributed by atoms with E-state index in [9.17, 15) is 18.0 Å². The Morgan fingerprint density at radius 2 is 1.62 bits per heavy atom. The van der Waals surface area contributed by atoms with E-state index < -0.39 is 28.5 Å². The van der Waals surface area contributed by atoms with Crippen LogP contribution in [0.5, 0.6) is 0 Å². The zero-order valence-electron chi connectivity index (χ0n) is 19.0. The molecule has 0 saturated heterocycles. The van der Waals surface area contributed by atoms with E-state index in [1.165, 1.54) is 4.90 Å². The molecule has 0 aliphatic heterocycles. The number of nitrogens with zero attached hydrogens (tertiary/aromatic N) is 2. The SMILES string of the molecule is Cc1ccc(N(CC(=O)N(Cc2ccccc2Cl)[C@H](C)C(=O)NC(C)C)S(C)(=O)=O)cc1. The molecule has 174 valence electrons. The first-order valence-electron chi connectivity index (χ1n) is 10.3. The minimum Gasteiger partial charge on any atom is -0.352 e. The third-order valence-electron chi connectivity index (χ3n) is 4.90. The lowest BCUT2D eigenvalue weighted by atomic mass is 10.1. The Morgan fingerprint density at radius 1 is 1.03 bits per heavy atom. The Bertz CT molecular complexity index is 1060. The number of nitrogens with one attached hydrogen (secondary N) is 1. The van der Waals surface area contributed by atoms with Crippen LogP contribution < -0.4 is 9.62 Å². The number of carbonyl (C=O) groups excluding carboxylic acids is 2. The predicted molar refractivity (Wildman–Crippen MR) is 128 cm³/mol. The van der Waals surface area contributed by atoms with Gasteiger partial charge in [-0.15, -0.1) is 0 Å². The largest absolute Gasteiger partial charge is 0.352 e. The highest BCUT2D eigenvalue weighted by Gasteiger charge is 2.30. The molecule has 2 amide bonds. The smallest absolute Gasteiger partial charge is 0.244 e. The van der Waals surface area contributed by atoms with Gasteiger partial charge in [0.05, 0.1) is 11.9 Å². The monoisotopic (exact) mass is 479 g/mol. The van der Waals surface area contributed by atoms with Gasteiger partial charge in [-0.1, -0.05) is 47.5 Å². The van der Waals surface area contributed by atoms with Gasteiger partial charge >= 0.3 is 0 Å². The van der Waals surface area contributed by atoms with Crippen LogP contribution in [-0.2, 0) is 26.2 Å². The van der Waals surface area contributed by atoms with Crippen LogP contribution in [0.2, 0.25) is 5.02 Å². The summed E-state index contributed by atoms with van der Waals surface area (Å²) in [6, 6.07) is 12.9. The second-order valence-corrected chi connectivity index (χ2v) is 10.4. The number of sulfonamides is 1. The van der Waals surface area contributed by atoms with E-state index in [1.54, 1.807) is 55.5 Å². The number of halogens is 1. The highest BCUT2D eigenvalue weighted by atomic mass is 35.5. The molecule has 0 fully saturated rings. The van der Waals surface area contributed by atoms with Crippen LogP contribution in [0.3, 0.4) is 0 Å². The number of carbonyl (C=O) groups is 2. The fourth-order valence-corrected chi connectivity index (χ4v) is 4.17. The summed E-state index contributed by atoms with van der Waals surface area (Å²) < 4.78 is 26.0. The van der Waals surface area contributed by atoms with Crippen molar-refractivity contribution in [3.63, 3.8) is 0 Å². The van der Waals surface area contributed by atoms with Gasteiger partial charge in [0.25, 0.3) is 0 Å². The van der Waals surface area contributed by atoms with Gasteiger partial charge in [-0.3, -0.25) is 13.9 Å². The molecule has 1 atom stereocenters. The molecular formula is C23H30ClN3O4S. The van der Waals surface area contributed by atoms with E-state index in [0.717, 1.165) is 16.1 Å². The first-order chi connectivity index (χ1) is 14.9. The number of aryl methyl sites for hydroxylation is 1. The van der Waals surface area contributed by atoms with Crippen molar-refractivity contribution in [3.8, 4) is 0 Å². The van der Waals surface area contributed by atoms with E-state index in [-0.39, 0.29) is 18.5 Å². The summed E-state index contributed by atoms with van der Waals surface area (Å²) in [5.41, 5.74) is 2.00. The maximum absolute atomic E-state index is 13.4. The molecule has 0 unspecified atom stereocenters. The van der Waals surface area contributed by atoms with Crippen LogP contribution in [0.1, 0.15) is 31.9 Å². The third-order valence-corrected chi connectivity index (χ3v) is 6.41. The molecule has 2 rings (SSSR count). The molecule has 0 saturated carbocycles. The van der Waals surface area contributed by atoms with Crippen LogP contribution in [-0.4, -0.2) is 50.0 Å². The quantitative estimate of drug-likeness (QED) is 0.597. The number of anilines is 1. The average Bonchev–Trinajstić information content (AvgIpc) is 2.70. The van der Waals surface area contributed by atoms with Crippen molar-refractivity contribution in [2.24, 2.45) is 0 Å². The molecule has 2 aromatic carbocycles. The Morgan fingerprint density at radius 3 is 2.16 bits per heavy atom. The van der Waals surface area contributed by atoms with Gasteiger partial charge in [-0.25, -0.2) is 8.42 Å². The van der Waals surface area contributed by atoms with Crippen LogP contribution in [0.25, 0.3) is 0 Å². The number of rotatable bonds is 9. The fourth-order valence-electron chi connectivity index (χ4n) is 3.12. The zero-order chi connectivity index (χ0) is 24.1. The molecule has 9 heteroatoms. The molecular weight excluding hydrogens is 450 g/mol. The Balaban J connectivity index is 2.39. The molecule has 0 aliphatic rings. The van der Waals surface area contributed by atoms with E-state index >= 15 is 0 Å². The molecule has 0 bridgehead atoms. The minimum absolute atomic E-state index is 0.0662. The Kier molecular flexibility index (Phi) is 8.69. The van der Waals surface area contributed by atoms with E-state index in [2.05, 4.69) is 5.32 Å². The normalized spacial score (nSPS) is 12.3. The van der Waals surface area contributed by atoms with Crippen LogP contribution in [0.4, 0.5) is 5.69 Å². The summed E-state index contributed by atoms with van der Waals surface area (Å²) in [5.74, 6) is -0.844. The number of hydrogen-bond donors (Lipinski definition) is 1. The Labute approximate surface area is 195 Å². The molecule has 0 spiro atoms. The minimum atomic E-state index is -3.75. The standard InChI is InChI=1S/C23H30ClN3O4S/c1-16(2)25-23(29)18(4)26(14-19-8-6-7-9-21(19)24)22(28)15-27(32(5,30)31)20-12-10-17(3)11-13-20/h6-13,16,18H,14-15H2,1-5H3,(H,25,29)/t18-/m1/s1. The van der Waals surface area contributed by atoms with Crippen molar-refractivity contribution in [1.29, 1.82) is 0 Å². The maximum Gasteiger partial charge on any atom is 0.244 e. The third kappa shape index (κ3) is 6.97. The zero-order valence-corrected chi connectivity index (χ0v) is 20.6. The van der Waals surface area contributed by atoms with Crippen molar-refractivity contribution < 1.29 is 18.0 Å². The topological polar surface area (TPSA) is 86.8 Å². The molecule has 0 aromatic heterocycles.